The van der Waals surface area contributed by atoms with Crippen LogP contribution in [0.3, 0.4) is 0 Å². The number of nitro groups is 1. The van der Waals surface area contributed by atoms with E-state index in [1.807, 2.05) is 30.5 Å². The van der Waals surface area contributed by atoms with Gasteiger partial charge in [-0.25, -0.2) is 0 Å². The van der Waals surface area contributed by atoms with Crippen molar-refractivity contribution in [3.8, 4) is 5.75 Å². The summed E-state index contributed by atoms with van der Waals surface area (Å²) in [6.07, 6.45) is 1.93. The third kappa shape index (κ3) is 5.35. The van der Waals surface area contributed by atoms with Crippen LogP contribution in [0.1, 0.15) is 6.42 Å². The van der Waals surface area contributed by atoms with E-state index in [4.69, 9.17) is 9.47 Å². The second-order valence-corrected chi connectivity index (χ2v) is 7.78. The Morgan fingerprint density at radius 1 is 1.25 bits per heavy atom. The van der Waals surface area contributed by atoms with Gasteiger partial charge in [-0.3, -0.25) is 24.5 Å². The quantitative estimate of drug-likeness (QED) is 0.276. The number of nitrogens with one attached hydrogen (secondary N) is 1. The lowest BCUT2D eigenvalue weighted by Gasteiger charge is -2.16. The third-order valence-corrected chi connectivity index (χ3v) is 5.61. The Hall–Kier alpha value is -3.60. The zero-order valence-corrected chi connectivity index (χ0v) is 18.2. The van der Waals surface area contributed by atoms with E-state index in [1.54, 1.807) is 11.8 Å². The normalized spacial score (nSPS) is 15.4. The fraction of sp³-hybridized carbons (Fsp3) is 0.286. The van der Waals surface area contributed by atoms with Crippen LogP contribution < -0.4 is 15.0 Å². The highest BCUT2D eigenvalue weighted by Crippen LogP contribution is 2.29. The first kappa shape index (κ1) is 23.1. The lowest BCUT2D eigenvalue weighted by Crippen LogP contribution is -2.28. The summed E-state index contributed by atoms with van der Waals surface area (Å²) in [4.78, 5) is 50.0. The van der Waals surface area contributed by atoms with E-state index in [9.17, 15) is 24.5 Å². The first-order valence-corrected chi connectivity index (χ1v) is 10.8. The van der Waals surface area contributed by atoms with Crippen LogP contribution in [0.5, 0.6) is 5.75 Å². The highest BCUT2D eigenvalue weighted by atomic mass is 32.2. The van der Waals surface area contributed by atoms with Crippen molar-refractivity contribution in [3.63, 3.8) is 0 Å². The molecule has 2 amide bonds. The van der Waals surface area contributed by atoms with Crippen molar-refractivity contribution in [2.75, 3.05) is 36.7 Å². The molecule has 0 radical (unpaired) electrons. The molecular weight excluding hydrogens is 438 g/mol. The molecule has 2 aromatic rings. The Balaban J connectivity index is 1.56. The average molecular weight is 459 g/mol. The lowest BCUT2D eigenvalue weighted by atomic mass is 10.1. The first-order valence-electron chi connectivity index (χ1n) is 9.55. The van der Waals surface area contributed by atoms with Gasteiger partial charge in [-0.2, -0.15) is 0 Å². The van der Waals surface area contributed by atoms with Crippen LogP contribution in [0.25, 0.3) is 0 Å². The minimum atomic E-state index is -0.736. The number of amides is 2. The van der Waals surface area contributed by atoms with E-state index in [2.05, 4.69) is 5.32 Å². The zero-order valence-electron chi connectivity index (χ0n) is 17.4. The molecule has 0 aliphatic carbocycles. The molecule has 10 nitrogen and oxygen atoms in total. The molecule has 1 N–H and O–H groups in total. The highest BCUT2D eigenvalue weighted by molar-refractivity contribution is 7.98. The van der Waals surface area contributed by atoms with Crippen molar-refractivity contribution >= 4 is 46.6 Å². The van der Waals surface area contributed by atoms with Gasteiger partial charge in [0.1, 0.15) is 11.4 Å². The molecule has 2 aromatic carbocycles. The number of hydrogen-bond donors (Lipinski definition) is 1. The smallest absolute Gasteiger partial charge is 0.311 e. The molecular formula is C21H21N3O7S. The number of rotatable bonds is 8. The number of methoxy groups -OCH3 is 1. The molecule has 32 heavy (non-hydrogen) atoms. The lowest BCUT2D eigenvalue weighted by molar-refractivity contribution is -0.384. The Kier molecular flexibility index (Phi) is 7.31. The van der Waals surface area contributed by atoms with E-state index in [0.717, 1.165) is 4.90 Å². The number of hydrogen-bond acceptors (Lipinski definition) is 8. The number of nitro benzene ring substituents is 1. The number of anilines is 2. The molecule has 1 saturated heterocycles. The van der Waals surface area contributed by atoms with E-state index in [-0.39, 0.29) is 36.0 Å². The molecule has 168 valence electrons. The van der Waals surface area contributed by atoms with Crippen molar-refractivity contribution in [2.24, 2.45) is 5.92 Å². The number of carbonyl (C=O) groups excluding carboxylic acids is 3. The molecule has 0 saturated carbocycles. The van der Waals surface area contributed by atoms with Crippen LogP contribution in [-0.4, -0.2) is 49.2 Å². The van der Waals surface area contributed by atoms with Crippen LogP contribution >= 0.6 is 11.8 Å². The largest absolute Gasteiger partial charge is 0.496 e. The Bertz CT molecular complexity index is 1040. The maximum Gasteiger partial charge on any atom is 0.311 e. The van der Waals surface area contributed by atoms with E-state index in [1.165, 1.54) is 30.2 Å². The summed E-state index contributed by atoms with van der Waals surface area (Å²) in [6.45, 7) is -0.475. The second-order valence-electron chi connectivity index (χ2n) is 6.90. The zero-order chi connectivity index (χ0) is 23.3. The monoisotopic (exact) mass is 459 g/mol. The Morgan fingerprint density at radius 3 is 2.59 bits per heavy atom. The van der Waals surface area contributed by atoms with Crippen molar-refractivity contribution in [3.05, 3.63) is 52.6 Å². The van der Waals surface area contributed by atoms with Crippen molar-refractivity contribution in [1.82, 2.24) is 0 Å². The Morgan fingerprint density at radius 2 is 1.97 bits per heavy atom. The average Bonchev–Trinajstić information content (AvgIpc) is 3.19. The van der Waals surface area contributed by atoms with Gasteiger partial charge >= 0.3 is 5.97 Å². The molecule has 1 aliphatic rings. The van der Waals surface area contributed by atoms with Crippen LogP contribution in [0, 0.1) is 16.0 Å². The summed E-state index contributed by atoms with van der Waals surface area (Å²) in [6, 6.07) is 11.4. The molecule has 3 rings (SSSR count). The summed E-state index contributed by atoms with van der Waals surface area (Å²) in [5, 5.41) is 13.6. The van der Waals surface area contributed by atoms with Crippen molar-refractivity contribution in [2.45, 2.75) is 11.3 Å². The molecule has 11 heteroatoms. The second kappa shape index (κ2) is 10.1. The number of ether oxygens (including phenoxy) is 2. The summed E-state index contributed by atoms with van der Waals surface area (Å²) in [7, 11) is 1.37. The minimum Gasteiger partial charge on any atom is -0.496 e. The van der Waals surface area contributed by atoms with E-state index < -0.39 is 29.3 Å². The van der Waals surface area contributed by atoms with Gasteiger partial charge in [0.25, 0.3) is 11.6 Å². The van der Waals surface area contributed by atoms with Crippen LogP contribution in [0.4, 0.5) is 17.1 Å². The topological polar surface area (TPSA) is 128 Å². The number of esters is 1. The van der Waals surface area contributed by atoms with E-state index in [0.29, 0.717) is 5.69 Å². The van der Waals surface area contributed by atoms with Crippen molar-refractivity contribution < 1.29 is 28.8 Å². The van der Waals surface area contributed by atoms with Crippen LogP contribution in [0.2, 0.25) is 0 Å². The Labute approximate surface area is 188 Å². The summed E-state index contributed by atoms with van der Waals surface area (Å²) in [5.41, 5.74) is 0.286. The minimum absolute atomic E-state index is 0.0192. The van der Waals surface area contributed by atoms with Crippen LogP contribution in [0.15, 0.2) is 47.4 Å². The number of carbonyl (C=O) groups is 3. The standard InChI is InChI=1S/C21H21N3O7S/c1-30-15-5-8-17(18(10-15)24(28)29)22-19(25)12-31-21(27)13-9-20(26)23(11-13)14-3-6-16(32-2)7-4-14/h3-8,10,13H,9,11-12H2,1-2H3,(H,22,25). The molecule has 1 atom stereocenters. The number of benzene rings is 2. The van der Waals surface area contributed by atoms with Crippen LogP contribution in [-0.2, 0) is 19.1 Å². The van der Waals surface area contributed by atoms with Gasteiger partial charge < -0.3 is 19.7 Å². The van der Waals surface area contributed by atoms with Gasteiger partial charge in [0, 0.05) is 23.5 Å². The van der Waals surface area contributed by atoms with Gasteiger partial charge in [0.15, 0.2) is 6.61 Å². The molecule has 0 spiro atoms. The predicted molar refractivity (Wildman–Crippen MR) is 118 cm³/mol. The highest BCUT2D eigenvalue weighted by Gasteiger charge is 2.36. The van der Waals surface area contributed by atoms with Gasteiger partial charge in [-0.1, -0.05) is 0 Å². The number of thioether (sulfide) groups is 1. The predicted octanol–water partition coefficient (Wildman–Crippen LogP) is 2.86. The fourth-order valence-electron chi connectivity index (χ4n) is 3.21. The van der Waals surface area contributed by atoms with Gasteiger partial charge in [0.2, 0.25) is 5.91 Å². The summed E-state index contributed by atoms with van der Waals surface area (Å²) < 4.78 is 9.99. The first-order chi connectivity index (χ1) is 15.3. The molecule has 1 unspecified atom stereocenters. The molecule has 0 aromatic heterocycles. The number of nitrogens with zero attached hydrogens (tertiary/aromatic N) is 2. The molecule has 0 bridgehead atoms. The molecule has 1 aliphatic heterocycles. The van der Waals surface area contributed by atoms with Crippen molar-refractivity contribution in [1.29, 1.82) is 0 Å². The molecule has 1 fully saturated rings. The maximum atomic E-state index is 12.4. The van der Waals surface area contributed by atoms with E-state index >= 15 is 0 Å². The summed E-state index contributed by atoms with van der Waals surface area (Å²) >= 11 is 1.58. The van der Waals surface area contributed by atoms with Gasteiger partial charge in [-0.15, -0.1) is 11.8 Å². The fourth-order valence-corrected chi connectivity index (χ4v) is 3.62. The maximum absolute atomic E-state index is 12.4. The summed E-state index contributed by atoms with van der Waals surface area (Å²) in [5.74, 6) is -2.06. The third-order valence-electron chi connectivity index (χ3n) is 4.86. The molecule has 1 heterocycles. The van der Waals surface area contributed by atoms with Gasteiger partial charge in [-0.05, 0) is 42.7 Å². The SMILES string of the molecule is COc1ccc(NC(=O)COC(=O)C2CC(=O)N(c3ccc(SC)cc3)C2)c([N+](=O)[O-])c1. The van der Waals surface area contributed by atoms with Gasteiger partial charge in [0.05, 0.1) is 24.0 Å².